The number of hydrogen-bond acceptors (Lipinski definition) is 7. The fourth-order valence-corrected chi connectivity index (χ4v) is 4.78. The van der Waals surface area contributed by atoms with Crippen molar-refractivity contribution in [3.05, 3.63) is 83.6 Å². The van der Waals surface area contributed by atoms with E-state index >= 15 is 0 Å². The molecule has 8 nitrogen and oxygen atoms in total. The molecule has 2 aliphatic heterocycles. The van der Waals surface area contributed by atoms with E-state index in [1.165, 1.54) is 0 Å². The van der Waals surface area contributed by atoms with Crippen LogP contribution >= 0.6 is 0 Å². The maximum atomic E-state index is 13.0. The average Bonchev–Trinajstić information content (AvgIpc) is 2.97. The highest BCUT2D eigenvalue weighted by Crippen LogP contribution is 2.28. The van der Waals surface area contributed by atoms with Gasteiger partial charge in [0, 0.05) is 37.8 Å². The zero-order valence-electron chi connectivity index (χ0n) is 20.9. The molecular formula is C29H33N5O3. The van der Waals surface area contributed by atoms with E-state index in [1.54, 1.807) is 0 Å². The lowest BCUT2D eigenvalue weighted by molar-refractivity contribution is -0.132. The molecule has 0 spiro atoms. The first kappa shape index (κ1) is 25.1. The minimum absolute atomic E-state index is 0.0302. The van der Waals surface area contributed by atoms with Gasteiger partial charge in [-0.2, -0.15) is 0 Å². The van der Waals surface area contributed by atoms with Crippen molar-refractivity contribution in [2.45, 2.75) is 25.5 Å². The van der Waals surface area contributed by atoms with E-state index in [1.807, 2.05) is 65.6 Å². The van der Waals surface area contributed by atoms with Crippen LogP contribution in [-0.4, -0.2) is 71.3 Å². The van der Waals surface area contributed by atoms with Gasteiger partial charge in [0.1, 0.15) is 5.82 Å². The fraction of sp³-hybridized carbons (Fsp3) is 0.345. The Morgan fingerprint density at radius 2 is 1.78 bits per heavy atom. The predicted molar refractivity (Wildman–Crippen MR) is 144 cm³/mol. The van der Waals surface area contributed by atoms with Crippen LogP contribution in [0.5, 0.6) is 0 Å². The largest absolute Gasteiger partial charge is 0.392 e. The number of aromatic nitrogens is 2. The molecule has 1 amide bonds. The summed E-state index contributed by atoms with van der Waals surface area (Å²) in [6.07, 6.45) is 3.30. The Morgan fingerprint density at radius 3 is 2.51 bits per heavy atom. The summed E-state index contributed by atoms with van der Waals surface area (Å²) in [5.41, 5.74) is 11.0. The van der Waals surface area contributed by atoms with Gasteiger partial charge in [-0.1, -0.05) is 54.6 Å². The zero-order valence-corrected chi connectivity index (χ0v) is 20.9. The van der Waals surface area contributed by atoms with Crippen LogP contribution in [0, 0.1) is 0 Å². The highest BCUT2D eigenvalue weighted by molar-refractivity contribution is 5.83. The van der Waals surface area contributed by atoms with Crippen molar-refractivity contribution in [1.82, 2.24) is 14.9 Å². The lowest BCUT2D eigenvalue weighted by Gasteiger charge is -2.30. The summed E-state index contributed by atoms with van der Waals surface area (Å²) < 4.78 is 5.53. The Labute approximate surface area is 217 Å². The molecule has 1 saturated heterocycles. The number of anilines is 1. The Morgan fingerprint density at radius 1 is 1.00 bits per heavy atom. The van der Waals surface area contributed by atoms with Gasteiger partial charge in [-0.05, 0) is 35.6 Å². The molecular weight excluding hydrogens is 466 g/mol. The molecule has 8 heteroatoms. The van der Waals surface area contributed by atoms with Crippen LogP contribution in [0.4, 0.5) is 5.82 Å². The molecule has 192 valence electrons. The molecule has 3 heterocycles. The van der Waals surface area contributed by atoms with E-state index in [2.05, 4.69) is 11.0 Å². The zero-order chi connectivity index (χ0) is 25.6. The molecule has 0 bridgehead atoms. The van der Waals surface area contributed by atoms with Crippen molar-refractivity contribution >= 4 is 17.3 Å². The Balaban J connectivity index is 1.37. The van der Waals surface area contributed by atoms with E-state index in [9.17, 15) is 9.90 Å². The number of rotatable bonds is 7. The fourth-order valence-electron chi connectivity index (χ4n) is 4.78. The number of nitrogens with two attached hydrogens (primary N) is 1. The Bertz CT molecular complexity index is 1260. The molecule has 1 fully saturated rings. The van der Waals surface area contributed by atoms with Gasteiger partial charge in [-0.25, -0.2) is 9.97 Å². The van der Waals surface area contributed by atoms with Crippen LogP contribution in [0.15, 0.2) is 66.7 Å². The van der Waals surface area contributed by atoms with Crippen molar-refractivity contribution in [3.63, 3.8) is 0 Å². The van der Waals surface area contributed by atoms with Crippen molar-refractivity contribution in [2.24, 2.45) is 5.73 Å². The average molecular weight is 500 g/mol. The van der Waals surface area contributed by atoms with Crippen LogP contribution in [-0.2, 0) is 22.6 Å². The van der Waals surface area contributed by atoms with Gasteiger partial charge in [0.25, 0.3) is 0 Å². The molecule has 3 aromatic rings. The number of aliphatic hydroxyl groups excluding tert-OH is 1. The molecule has 2 aromatic carbocycles. The van der Waals surface area contributed by atoms with Crippen molar-refractivity contribution in [2.75, 3.05) is 44.3 Å². The third-order valence-electron chi connectivity index (χ3n) is 6.88. The predicted octanol–water partition coefficient (Wildman–Crippen LogP) is 2.66. The first-order valence-electron chi connectivity index (χ1n) is 12.8. The number of aliphatic hydroxyl groups is 1. The summed E-state index contributed by atoms with van der Waals surface area (Å²) in [5, 5.41) is 9.60. The number of nitrogens with zero attached hydrogens (tertiary/aromatic N) is 4. The number of carbonyl (C=O) groups excluding carboxylic acids is 1. The highest BCUT2D eigenvalue weighted by atomic mass is 16.5. The third-order valence-corrected chi connectivity index (χ3v) is 6.88. The van der Waals surface area contributed by atoms with Crippen LogP contribution in [0.2, 0.25) is 0 Å². The first-order chi connectivity index (χ1) is 18.1. The second kappa shape index (κ2) is 11.6. The monoisotopic (exact) mass is 499 g/mol. The minimum Gasteiger partial charge on any atom is -0.392 e. The molecule has 1 atom stereocenters. The van der Waals surface area contributed by atoms with Gasteiger partial charge >= 0.3 is 0 Å². The number of benzene rings is 2. The molecule has 1 aromatic heterocycles. The first-order valence-corrected chi connectivity index (χ1v) is 12.8. The second-order valence-corrected chi connectivity index (χ2v) is 9.45. The summed E-state index contributed by atoms with van der Waals surface area (Å²) in [6, 6.07) is 19.0. The summed E-state index contributed by atoms with van der Waals surface area (Å²) in [5.74, 6) is 1.46. The lowest BCUT2D eigenvalue weighted by atomic mass is 10.0. The van der Waals surface area contributed by atoms with Gasteiger partial charge in [0.2, 0.25) is 5.91 Å². The van der Waals surface area contributed by atoms with E-state index in [0.717, 1.165) is 46.9 Å². The molecule has 0 saturated carbocycles. The second-order valence-electron chi connectivity index (χ2n) is 9.45. The third kappa shape index (κ3) is 6.05. The van der Waals surface area contributed by atoms with Gasteiger partial charge in [0.05, 0.1) is 31.6 Å². The molecule has 5 rings (SSSR count). The van der Waals surface area contributed by atoms with Crippen LogP contribution in [0.1, 0.15) is 23.2 Å². The number of morpholine rings is 1. The Kier molecular flexibility index (Phi) is 7.89. The number of carbonyl (C=O) groups is 1. The minimum atomic E-state index is -0.560. The standard InChI is InChI=1S/C29H33N5O3/c30-25(18-21-5-2-1-3-6-21)29(36)34-11-9-23(10-12-34)26-19-27(33-13-15-37-16-14-33)32-28(31-26)24-8-4-7-22(17-24)20-35/h1-9,17,19,25,35H,10-16,18,20,30H2/t25-/m0/s1. The summed E-state index contributed by atoms with van der Waals surface area (Å²) in [7, 11) is 0. The molecule has 0 unspecified atom stereocenters. The number of hydrogen-bond donors (Lipinski definition) is 2. The van der Waals surface area contributed by atoms with Gasteiger partial charge in [-0.15, -0.1) is 0 Å². The van der Waals surface area contributed by atoms with E-state index < -0.39 is 6.04 Å². The van der Waals surface area contributed by atoms with Crippen LogP contribution in [0.25, 0.3) is 17.0 Å². The SMILES string of the molecule is N[C@@H](Cc1ccccc1)C(=O)N1CC=C(c2cc(N3CCOCC3)nc(-c3cccc(CO)c3)n2)CC1. The summed E-state index contributed by atoms with van der Waals surface area (Å²) >= 11 is 0. The van der Waals surface area contributed by atoms with Crippen LogP contribution < -0.4 is 10.6 Å². The van der Waals surface area contributed by atoms with Gasteiger partial charge in [-0.3, -0.25) is 4.79 Å². The Hall–Kier alpha value is -3.59. The smallest absolute Gasteiger partial charge is 0.240 e. The summed E-state index contributed by atoms with van der Waals surface area (Å²) in [6.45, 7) is 3.93. The molecule has 0 radical (unpaired) electrons. The van der Waals surface area contributed by atoms with E-state index in [0.29, 0.717) is 45.0 Å². The van der Waals surface area contributed by atoms with Crippen molar-refractivity contribution in [1.29, 1.82) is 0 Å². The molecule has 0 aliphatic carbocycles. The quantitative estimate of drug-likeness (QED) is 0.515. The molecule has 2 aliphatic rings. The van der Waals surface area contributed by atoms with Gasteiger partial charge in [0.15, 0.2) is 5.82 Å². The normalized spacial score (nSPS) is 16.9. The number of amides is 1. The van der Waals surface area contributed by atoms with E-state index in [-0.39, 0.29) is 12.5 Å². The maximum absolute atomic E-state index is 13.0. The topological polar surface area (TPSA) is 105 Å². The lowest BCUT2D eigenvalue weighted by Crippen LogP contribution is -2.46. The highest BCUT2D eigenvalue weighted by Gasteiger charge is 2.25. The van der Waals surface area contributed by atoms with Crippen molar-refractivity contribution in [3.8, 4) is 11.4 Å². The van der Waals surface area contributed by atoms with Crippen LogP contribution in [0.3, 0.4) is 0 Å². The molecule has 37 heavy (non-hydrogen) atoms. The van der Waals surface area contributed by atoms with Crippen molar-refractivity contribution < 1.29 is 14.6 Å². The molecule has 3 N–H and O–H groups in total. The summed E-state index contributed by atoms with van der Waals surface area (Å²) in [4.78, 5) is 26.8. The number of ether oxygens (including phenoxy) is 1. The van der Waals surface area contributed by atoms with E-state index in [4.69, 9.17) is 20.4 Å². The maximum Gasteiger partial charge on any atom is 0.240 e. The van der Waals surface area contributed by atoms with Gasteiger partial charge < -0.3 is 25.4 Å².